The minimum atomic E-state index is -1.70. The molecule has 4 heterocycles. The van der Waals surface area contributed by atoms with E-state index >= 15 is 0 Å². The molecule has 2 aliphatic heterocycles. The molecule has 1 aliphatic carbocycles. The van der Waals surface area contributed by atoms with E-state index in [9.17, 15) is 39.9 Å². The maximum atomic E-state index is 13.4. The highest BCUT2D eigenvalue weighted by Gasteiger charge is 2.50. The second-order valence-corrected chi connectivity index (χ2v) is 13.6. The lowest BCUT2D eigenvalue weighted by atomic mass is 9.82. The highest BCUT2D eigenvalue weighted by molar-refractivity contribution is 5.89. The van der Waals surface area contributed by atoms with E-state index in [1.165, 1.54) is 10.9 Å². The van der Waals surface area contributed by atoms with Gasteiger partial charge in [-0.1, -0.05) is 0 Å². The zero-order valence-corrected chi connectivity index (χ0v) is 28.9. The number of rotatable bonds is 15. The molecule has 2 saturated heterocycles. The van der Waals surface area contributed by atoms with Gasteiger partial charge in [-0.15, -0.1) is 0 Å². The molecule has 2 amide bonds. The third-order valence-electron chi connectivity index (χ3n) is 9.92. The van der Waals surface area contributed by atoms with E-state index < -0.39 is 109 Å². The van der Waals surface area contributed by atoms with Crippen molar-refractivity contribution in [1.82, 2.24) is 35.5 Å². The first kappa shape index (κ1) is 40.9. The molecule has 0 unspecified atom stereocenters. The summed E-state index contributed by atoms with van der Waals surface area (Å²) in [6.45, 7) is 0.311. The van der Waals surface area contributed by atoms with Gasteiger partial charge in [0, 0.05) is 31.7 Å². The molecule has 298 valence electrons. The number of nitrogens with one attached hydrogen (secondary N) is 4. The fraction of sp³-hybridized carbons (Fsp3) is 0.767. The van der Waals surface area contributed by atoms with Gasteiger partial charge in [-0.05, 0) is 32.2 Å². The van der Waals surface area contributed by atoms with Crippen LogP contribution in [0.15, 0.2) is 17.4 Å². The Labute approximate surface area is 302 Å². The monoisotopic (exact) mass is 756 g/mol. The number of nitrogens with zero attached hydrogens (tertiary/aromatic N) is 3. The molecule has 0 bridgehead atoms. The zero-order valence-electron chi connectivity index (χ0n) is 28.9. The van der Waals surface area contributed by atoms with Crippen LogP contribution in [-0.4, -0.2) is 168 Å². The van der Waals surface area contributed by atoms with Crippen molar-refractivity contribution in [2.75, 3.05) is 26.2 Å². The average molecular weight is 757 g/mol. The Kier molecular flexibility index (Phi) is 13.8. The lowest BCUT2D eigenvalue weighted by molar-refractivity contribution is -0.279. The van der Waals surface area contributed by atoms with Gasteiger partial charge in [-0.3, -0.25) is 19.0 Å². The van der Waals surface area contributed by atoms with Crippen LogP contribution in [-0.2, 0) is 23.8 Å². The Bertz CT molecular complexity index is 1580. The first-order chi connectivity index (χ1) is 25.3. The SMILES string of the molecule is NCCCC[C@H](NC(=O)[C@H]1O[C@@H](n2cnc3c(=O)[nH]cnc32)[C@H](O)[C@@H]1O)C(=O)NCCN[C@H]1[C@@H](O)[C@H](N)C[C@H](N)[C@H]1O[C@H]1O[C@H](CN)[C@@H](O)[C@H](O)[C@H]1N. The minimum absolute atomic E-state index is 0.00524. The van der Waals surface area contributed by atoms with E-state index in [1.807, 2.05) is 0 Å². The Morgan fingerprint density at radius 2 is 1.74 bits per heavy atom. The molecular weight excluding hydrogens is 704 g/mol. The summed E-state index contributed by atoms with van der Waals surface area (Å²) in [5, 5.41) is 61.6. The lowest BCUT2D eigenvalue weighted by Gasteiger charge is -2.47. The molecule has 2 aromatic heterocycles. The second kappa shape index (κ2) is 17.9. The van der Waals surface area contributed by atoms with Crippen LogP contribution in [0.4, 0.5) is 0 Å². The molecule has 2 aromatic rings. The first-order valence-electron chi connectivity index (χ1n) is 17.5. The summed E-state index contributed by atoms with van der Waals surface area (Å²) in [7, 11) is 0. The maximum absolute atomic E-state index is 13.4. The largest absolute Gasteiger partial charge is 0.390 e. The Morgan fingerprint density at radius 1 is 0.981 bits per heavy atom. The summed E-state index contributed by atoms with van der Waals surface area (Å²) in [5.74, 6) is -1.44. The highest BCUT2D eigenvalue weighted by Crippen LogP contribution is 2.31. The minimum Gasteiger partial charge on any atom is -0.390 e. The number of hydrogen-bond donors (Lipinski definition) is 14. The number of unbranched alkanes of at least 4 members (excludes halogenated alkanes) is 1. The zero-order chi connectivity index (χ0) is 38.6. The van der Waals surface area contributed by atoms with Crippen molar-refractivity contribution >= 4 is 23.0 Å². The summed E-state index contributed by atoms with van der Waals surface area (Å²) < 4.78 is 18.7. The Morgan fingerprint density at radius 3 is 2.45 bits per heavy atom. The number of carbonyl (C=O) groups is 2. The van der Waals surface area contributed by atoms with Gasteiger partial charge in [0.05, 0.1) is 36.9 Å². The summed E-state index contributed by atoms with van der Waals surface area (Å²) in [5.41, 5.74) is 29.4. The molecule has 0 spiro atoms. The van der Waals surface area contributed by atoms with E-state index in [4.69, 9.17) is 42.9 Å². The molecule has 23 nitrogen and oxygen atoms in total. The summed E-state index contributed by atoms with van der Waals surface area (Å²) in [4.78, 5) is 49.2. The molecule has 3 aliphatic rings. The molecular formula is C30H52N12O11. The number of aliphatic hydroxyl groups is 5. The van der Waals surface area contributed by atoms with Crippen molar-refractivity contribution in [3.63, 3.8) is 0 Å². The van der Waals surface area contributed by atoms with Crippen molar-refractivity contribution in [2.24, 2.45) is 28.7 Å². The van der Waals surface area contributed by atoms with Crippen LogP contribution in [0.2, 0.25) is 0 Å². The van der Waals surface area contributed by atoms with Crippen LogP contribution in [0.1, 0.15) is 31.9 Å². The number of amides is 2. The Hall–Kier alpha value is -3.27. The average Bonchev–Trinajstić information content (AvgIpc) is 3.70. The van der Waals surface area contributed by atoms with Crippen LogP contribution in [0.25, 0.3) is 11.2 Å². The van der Waals surface area contributed by atoms with Crippen LogP contribution >= 0.6 is 0 Å². The summed E-state index contributed by atoms with van der Waals surface area (Å²) in [6.07, 6.45) is -9.47. The lowest BCUT2D eigenvalue weighted by Crippen LogP contribution is -2.70. The van der Waals surface area contributed by atoms with Crippen LogP contribution in [0.5, 0.6) is 0 Å². The molecule has 23 heteroatoms. The van der Waals surface area contributed by atoms with Crippen LogP contribution < -0.4 is 50.2 Å². The number of carbonyl (C=O) groups excluding carboxylic acids is 2. The number of H-pyrrole nitrogens is 1. The number of nitrogens with two attached hydrogens (primary N) is 5. The second-order valence-electron chi connectivity index (χ2n) is 13.6. The molecule has 3 fully saturated rings. The molecule has 15 atom stereocenters. The fourth-order valence-corrected chi connectivity index (χ4v) is 6.88. The third kappa shape index (κ3) is 8.84. The van der Waals surface area contributed by atoms with Crippen molar-refractivity contribution in [3.8, 4) is 0 Å². The number of aliphatic hydroxyl groups excluding tert-OH is 5. The smallest absolute Gasteiger partial charge is 0.278 e. The molecule has 0 radical (unpaired) electrons. The van der Waals surface area contributed by atoms with Gasteiger partial charge < -0.3 is 89.3 Å². The molecule has 5 rings (SSSR count). The van der Waals surface area contributed by atoms with Crippen molar-refractivity contribution < 1.29 is 49.3 Å². The van der Waals surface area contributed by atoms with Gasteiger partial charge in [-0.2, -0.15) is 0 Å². The van der Waals surface area contributed by atoms with E-state index in [-0.39, 0.29) is 43.6 Å². The quantitative estimate of drug-likeness (QED) is 0.0750. The Balaban J connectivity index is 1.19. The van der Waals surface area contributed by atoms with Gasteiger partial charge in [0.25, 0.3) is 11.5 Å². The maximum Gasteiger partial charge on any atom is 0.278 e. The van der Waals surface area contributed by atoms with E-state index in [0.29, 0.717) is 19.4 Å². The first-order valence-corrected chi connectivity index (χ1v) is 17.5. The summed E-state index contributed by atoms with van der Waals surface area (Å²) in [6, 6.07) is -4.53. The number of ether oxygens (including phenoxy) is 3. The normalized spacial score (nSPS) is 36.7. The predicted molar refractivity (Wildman–Crippen MR) is 183 cm³/mol. The molecule has 19 N–H and O–H groups in total. The predicted octanol–water partition coefficient (Wildman–Crippen LogP) is -8.04. The van der Waals surface area contributed by atoms with Gasteiger partial charge in [0.2, 0.25) is 5.91 Å². The van der Waals surface area contributed by atoms with Gasteiger partial charge >= 0.3 is 0 Å². The number of hydrogen-bond acceptors (Lipinski definition) is 19. The van der Waals surface area contributed by atoms with Crippen molar-refractivity contribution in [3.05, 3.63) is 23.0 Å². The van der Waals surface area contributed by atoms with Gasteiger partial charge in [0.15, 0.2) is 29.8 Å². The van der Waals surface area contributed by atoms with Gasteiger partial charge in [0.1, 0.15) is 36.6 Å². The van der Waals surface area contributed by atoms with E-state index in [0.717, 1.165) is 6.33 Å². The fourth-order valence-electron chi connectivity index (χ4n) is 6.88. The van der Waals surface area contributed by atoms with Crippen LogP contribution in [0, 0.1) is 0 Å². The molecule has 1 saturated carbocycles. The third-order valence-corrected chi connectivity index (χ3v) is 9.92. The van der Waals surface area contributed by atoms with E-state index in [2.05, 4.69) is 30.9 Å². The number of aromatic amines is 1. The van der Waals surface area contributed by atoms with Crippen molar-refractivity contribution in [1.29, 1.82) is 0 Å². The van der Waals surface area contributed by atoms with Crippen molar-refractivity contribution in [2.45, 2.75) is 117 Å². The molecule has 0 aromatic carbocycles. The van der Waals surface area contributed by atoms with E-state index in [1.54, 1.807) is 0 Å². The summed E-state index contributed by atoms with van der Waals surface area (Å²) >= 11 is 0. The van der Waals surface area contributed by atoms with Gasteiger partial charge in [-0.25, -0.2) is 9.97 Å². The number of aromatic nitrogens is 4. The van der Waals surface area contributed by atoms with Crippen LogP contribution in [0.3, 0.4) is 0 Å². The highest BCUT2D eigenvalue weighted by atomic mass is 16.7. The topological polar surface area (TPSA) is 393 Å². The molecule has 53 heavy (non-hydrogen) atoms. The number of fused-ring (bicyclic) bond motifs is 1. The standard InChI is InChI=1S/C30H52N12O11/c31-4-2-1-3-13(41-28(50)24-21(46)22(47)29(52-24)42-10-40-17-25(42)38-9-39-27(17)49)26(48)37-6-5-36-16-18(43)11(33)7-12(34)23(16)53-30-15(35)20(45)19(44)14(8-32)51-30/h9-16,18-24,29-30,36,43-47H,1-8,31-35H2,(H,37,48)(H,41,50)(H,38,39,49)/t11-,12+,13+,14-,15-,16+,18+,19-,20-,21+,22-,23-,24+,29-,30-/m1/s1. The number of imidazole rings is 1.